The number of likely N-dealkylation sites (tertiary alicyclic amines) is 1. The molecule has 2 rings (SSSR count). The molecule has 5 heteroatoms. The summed E-state index contributed by atoms with van der Waals surface area (Å²) >= 11 is 0. The molecular formula is C16H29N5. The van der Waals surface area contributed by atoms with Gasteiger partial charge in [0, 0.05) is 18.0 Å². The van der Waals surface area contributed by atoms with Crippen LogP contribution < -0.4 is 11.1 Å². The van der Waals surface area contributed by atoms with E-state index in [-0.39, 0.29) is 5.92 Å². The first-order chi connectivity index (χ1) is 9.81. The molecule has 1 saturated heterocycles. The standard InChI is InChI=1S/C16H29N5/c1-11(2)14-19-13(17)12(3)15(20-14)18-10-16(4)6-8-21(5)9-7-16/h11H,6-10H2,1-5H3,(H3,17,18,19,20). The lowest BCUT2D eigenvalue weighted by Gasteiger charge is -2.38. The van der Waals surface area contributed by atoms with Crippen LogP contribution in [0.5, 0.6) is 0 Å². The maximum atomic E-state index is 6.02. The molecule has 0 saturated carbocycles. The summed E-state index contributed by atoms with van der Waals surface area (Å²) in [5.74, 6) is 2.58. The van der Waals surface area contributed by atoms with Gasteiger partial charge in [-0.25, -0.2) is 9.97 Å². The largest absolute Gasteiger partial charge is 0.383 e. The van der Waals surface area contributed by atoms with Crippen LogP contribution in [0.2, 0.25) is 0 Å². The first-order valence-electron chi connectivity index (χ1n) is 7.87. The molecule has 0 aliphatic carbocycles. The van der Waals surface area contributed by atoms with Gasteiger partial charge in [-0.1, -0.05) is 20.8 Å². The Kier molecular flexibility index (Phi) is 4.71. The predicted molar refractivity (Wildman–Crippen MR) is 88.6 cm³/mol. The molecule has 0 atom stereocenters. The Labute approximate surface area is 128 Å². The smallest absolute Gasteiger partial charge is 0.135 e. The zero-order chi connectivity index (χ0) is 15.6. The molecule has 1 aromatic rings. The Morgan fingerprint density at radius 1 is 1.29 bits per heavy atom. The zero-order valence-electron chi connectivity index (χ0n) is 14.0. The summed E-state index contributed by atoms with van der Waals surface area (Å²) in [6.45, 7) is 11.8. The van der Waals surface area contributed by atoms with Gasteiger partial charge in [0.15, 0.2) is 0 Å². The minimum absolute atomic E-state index is 0.285. The lowest BCUT2D eigenvalue weighted by Crippen LogP contribution is -2.40. The number of hydrogen-bond donors (Lipinski definition) is 2. The lowest BCUT2D eigenvalue weighted by molar-refractivity contribution is 0.150. The van der Waals surface area contributed by atoms with E-state index in [1.807, 2.05) is 6.92 Å². The summed E-state index contributed by atoms with van der Waals surface area (Å²) in [5.41, 5.74) is 7.31. The van der Waals surface area contributed by atoms with Crippen molar-refractivity contribution in [2.24, 2.45) is 5.41 Å². The van der Waals surface area contributed by atoms with Crippen molar-refractivity contribution in [2.45, 2.75) is 46.5 Å². The molecular weight excluding hydrogens is 262 g/mol. The monoisotopic (exact) mass is 291 g/mol. The Morgan fingerprint density at radius 3 is 2.48 bits per heavy atom. The van der Waals surface area contributed by atoms with Crippen LogP contribution in [-0.2, 0) is 0 Å². The second-order valence-corrected chi connectivity index (χ2v) is 7.06. The van der Waals surface area contributed by atoms with Crippen molar-refractivity contribution in [3.63, 3.8) is 0 Å². The maximum Gasteiger partial charge on any atom is 0.135 e. The second-order valence-electron chi connectivity index (χ2n) is 7.06. The SMILES string of the molecule is Cc1c(N)nc(C(C)C)nc1NCC1(C)CCN(C)CC1. The maximum absolute atomic E-state index is 6.02. The molecule has 0 unspecified atom stereocenters. The number of nitrogens with two attached hydrogens (primary N) is 1. The molecule has 1 aliphatic rings. The number of nitrogens with one attached hydrogen (secondary N) is 1. The van der Waals surface area contributed by atoms with Crippen LogP contribution in [0.25, 0.3) is 0 Å². The van der Waals surface area contributed by atoms with Crippen molar-refractivity contribution >= 4 is 11.6 Å². The Morgan fingerprint density at radius 2 is 1.90 bits per heavy atom. The molecule has 118 valence electrons. The van der Waals surface area contributed by atoms with Gasteiger partial charge in [-0.3, -0.25) is 0 Å². The fourth-order valence-electron chi connectivity index (χ4n) is 2.61. The number of piperidine rings is 1. The first kappa shape index (κ1) is 16.0. The van der Waals surface area contributed by atoms with Crippen molar-refractivity contribution in [1.82, 2.24) is 14.9 Å². The molecule has 0 bridgehead atoms. The third kappa shape index (κ3) is 3.84. The van der Waals surface area contributed by atoms with Gasteiger partial charge in [-0.05, 0) is 45.3 Å². The van der Waals surface area contributed by atoms with E-state index < -0.39 is 0 Å². The lowest BCUT2D eigenvalue weighted by atomic mass is 9.80. The Bertz CT molecular complexity index is 490. The molecule has 0 radical (unpaired) electrons. The number of anilines is 2. The van der Waals surface area contributed by atoms with E-state index in [9.17, 15) is 0 Å². The van der Waals surface area contributed by atoms with Gasteiger partial charge < -0.3 is 16.0 Å². The number of hydrogen-bond acceptors (Lipinski definition) is 5. The van der Waals surface area contributed by atoms with Crippen molar-refractivity contribution < 1.29 is 0 Å². The highest BCUT2D eigenvalue weighted by molar-refractivity contribution is 5.55. The van der Waals surface area contributed by atoms with Crippen LogP contribution in [0.3, 0.4) is 0 Å². The molecule has 1 aromatic heterocycles. The van der Waals surface area contributed by atoms with Crippen molar-refractivity contribution in [3.05, 3.63) is 11.4 Å². The fraction of sp³-hybridized carbons (Fsp3) is 0.750. The summed E-state index contributed by atoms with van der Waals surface area (Å²) in [5, 5.41) is 3.52. The third-order valence-corrected chi connectivity index (χ3v) is 4.59. The molecule has 0 aromatic carbocycles. The molecule has 3 N–H and O–H groups in total. The van der Waals surface area contributed by atoms with Gasteiger partial charge in [0.05, 0.1) is 0 Å². The van der Waals surface area contributed by atoms with Gasteiger partial charge in [0.2, 0.25) is 0 Å². The number of nitrogen functional groups attached to an aromatic ring is 1. The number of nitrogens with zero attached hydrogens (tertiary/aromatic N) is 3. The average Bonchev–Trinajstić information content (AvgIpc) is 2.44. The summed E-state index contributed by atoms with van der Waals surface area (Å²) < 4.78 is 0. The summed E-state index contributed by atoms with van der Waals surface area (Å²) in [4.78, 5) is 11.4. The highest BCUT2D eigenvalue weighted by Gasteiger charge is 2.29. The normalized spacial score (nSPS) is 19.0. The van der Waals surface area contributed by atoms with E-state index in [0.717, 1.165) is 23.8 Å². The molecule has 21 heavy (non-hydrogen) atoms. The van der Waals surface area contributed by atoms with Crippen molar-refractivity contribution in [2.75, 3.05) is 37.7 Å². The van der Waals surface area contributed by atoms with Gasteiger partial charge in [0.25, 0.3) is 0 Å². The minimum Gasteiger partial charge on any atom is -0.383 e. The number of rotatable bonds is 4. The van der Waals surface area contributed by atoms with Crippen LogP contribution in [0.15, 0.2) is 0 Å². The summed E-state index contributed by atoms with van der Waals surface area (Å²) in [7, 11) is 2.19. The van der Waals surface area contributed by atoms with E-state index in [1.165, 1.54) is 25.9 Å². The third-order valence-electron chi connectivity index (χ3n) is 4.59. The Balaban J connectivity index is 2.09. The molecule has 0 amide bonds. The van der Waals surface area contributed by atoms with Gasteiger partial charge in [-0.2, -0.15) is 0 Å². The molecule has 5 nitrogen and oxygen atoms in total. The van der Waals surface area contributed by atoms with E-state index in [2.05, 4.69) is 48.0 Å². The zero-order valence-corrected chi connectivity index (χ0v) is 14.0. The van der Waals surface area contributed by atoms with Crippen LogP contribution in [0.1, 0.15) is 50.9 Å². The van der Waals surface area contributed by atoms with Gasteiger partial charge in [-0.15, -0.1) is 0 Å². The molecule has 1 fully saturated rings. The Hall–Kier alpha value is -1.36. The molecule has 2 heterocycles. The second kappa shape index (κ2) is 6.18. The fourth-order valence-corrected chi connectivity index (χ4v) is 2.61. The van der Waals surface area contributed by atoms with Crippen LogP contribution >= 0.6 is 0 Å². The van der Waals surface area contributed by atoms with Gasteiger partial charge >= 0.3 is 0 Å². The minimum atomic E-state index is 0.285. The summed E-state index contributed by atoms with van der Waals surface area (Å²) in [6, 6.07) is 0. The molecule has 0 spiro atoms. The average molecular weight is 291 g/mol. The number of aromatic nitrogens is 2. The van der Waals surface area contributed by atoms with Crippen LogP contribution in [-0.4, -0.2) is 41.5 Å². The van der Waals surface area contributed by atoms with E-state index >= 15 is 0 Å². The van der Waals surface area contributed by atoms with Crippen LogP contribution in [0, 0.1) is 12.3 Å². The highest BCUT2D eigenvalue weighted by atomic mass is 15.1. The first-order valence-corrected chi connectivity index (χ1v) is 7.87. The highest BCUT2D eigenvalue weighted by Crippen LogP contribution is 2.31. The van der Waals surface area contributed by atoms with E-state index in [1.54, 1.807) is 0 Å². The quantitative estimate of drug-likeness (QED) is 0.892. The van der Waals surface area contributed by atoms with Crippen LogP contribution in [0.4, 0.5) is 11.6 Å². The summed E-state index contributed by atoms with van der Waals surface area (Å²) in [6.07, 6.45) is 2.43. The van der Waals surface area contributed by atoms with E-state index in [0.29, 0.717) is 11.2 Å². The van der Waals surface area contributed by atoms with Gasteiger partial charge in [0.1, 0.15) is 17.5 Å². The molecule has 1 aliphatic heterocycles. The van der Waals surface area contributed by atoms with Crippen molar-refractivity contribution in [3.8, 4) is 0 Å². The predicted octanol–water partition coefficient (Wildman–Crippen LogP) is 2.63. The van der Waals surface area contributed by atoms with Crippen molar-refractivity contribution in [1.29, 1.82) is 0 Å². The van der Waals surface area contributed by atoms with E-state index in [4.69, 9.17) is 5.73 Å². The topological polar surface area (TPSA) is 67.1 Å².